The number of nitrogens with one attached hydrogen (secondary N) is 2. The van der Waals surface area contributed by atoms with E-state index in [2.05, 4.69) is 15.6 Å². The maximum atomic E-state index is 12.3. The van der Waals surface area contributed by atoms with E-state index in [-0.39, 0.29) is 5.91 Å². The van der Waals surface area contributed by atoms with Crippen molar-refractivity contribution in [2.45, 2.75) is 6.54 Å². The van der Waals surface area contributed by atoms with Gasteiger partial charge >= 0.3 is 0 Å². The Labute approximate surface area is 145 Å². The van der Waals surface area contributed by atoms with E-state index in [1.54, 1.807) is 36.5 Å². The van der Waals surface area contributed by atoms with Crippen LogP contribution in [0.3, 0.4) is 0 Å². The number of rotatable bonds is 5. The van der Waals surface area contributed by atoms with Gasteiger partial charge in [-0.25, -0.2) is 0 Å². The molecule has 2 N–H and O–H groups in total. The first-order valence-corrected chi connectivity index (χ1v) is 7.89. The molecule has 0 aliphatic heterocycles. The molecule has 0 unspecified atom stereocenters. The van der Waals surface area contributed by atoms with Gasteiger partial charge in [-0.2, -0.15) is 0 Å². The summed E-state index contributed by atoms with van der Waals surface area (Å²) in [5, 5.41) is 6.71. The molecule has 1 amide bonds. The Bertz CT molecular complexity index is 820. The fourth-order valence-corrected chi connectivity index (χ4v) is 2.32. The van der Waals surface area contributed by atoms with Crippen molar-refractivity contribution in [3.8, 4) is 0 Å². The molecule has 0 aliphatic rings. The highest BCUT2D eigenvalue weighted by Crippen LogP contribution is 2.15. The third-order valence-electron chi connectivity index (χ3n) is 3.43. The van der Waals surface area contributed by atoms with Gasteiger partial charge in [0.05, 0.1) is 0 Å². The summed E-state index contributed by atoms with van der Waals surface area (Å²) >= 11 is 5.84. The van der Waals surface area contributed by atoms with E-state index in [0.717, 1.165) is 5.69 Å². The van der Waals surface area contributed by atoms with Gasteiger partial charge in [-0.3, -0.25) is 9.78 Å². The molecule has 0 bridgehead atoms. The first-order valence-electron chi connectivity index (χ1n) is 7.51. The van der Waals surface area contributed by atoms with Gasteiger partial charge in [0.15, 0.2) is 0 Å². The lowest BCUT2D eigenvalue weighted by atomic mass is 10.2. The fourth-order valence-electron chi connectivity index (χ4n) is 2.19. The number of amides is 1. The van der Waals surface area contributed by atoms with Crippen molar-refractivity contribution in [2.24, 2.45) is 0 Å². The number of hydrogen-bond donors (Lipinski definition) is 2. The van der Waals surface area contributed by atoms with Crippen LogP contribution in [-0.2, 0) is 6.54 Å². The van der Waals surface area contributed by atoms with Gasteiger partial charge in [-0.1, -0.05) is 41.9 Å². The van der Waals surface area contributed by atoms with E-state index in [4.69, 9.17) is 11.6 Å². The van der Waals surface area contributed by atoms with Crippen LogP contribution in [-0.4, -0.2) is 10.9 Å². The minimum Gasteiger partial charge on any atom is -0.381 e. The molecule has 3 rings (SSSR count). The van der Waals surface area contributed by atoms with Gasteiger partial charge in [0.25, 0.3) is 5.91 Å². The molecular weight excluding hydrogens is 322 g/mol. The Morgan fingerprint density at radius 2 is 1.71 bits per heavy atom. The number of hydrogen-bond acceptors (Lipinski definition) is 3. The molecule has 0 saturated carbocycles. The van der Waals surface area contributed by atoms with Crippen LogP contribution in [0.25, 0.3) is 0 Å². The second-order valence-electron chi connectivity index (χ2n) is 5.23. The van der Waals surface area contributed by atoms with Crippen molar-refractivity contribution >= 4 is 28.9 Å². The number of aromatic nitrogens is 1. The second-order valence-corrected chi connectivity index (χ2v) is 5.67. The zero-order chi connectivity index (χ0) is 16.8. The normalized spacial score (nSPS) is 10.2. The van der Waals surface area contributed by atoms with Gasteiger partial charge in [-0.15, -0.1) is 0 Å². The number of nitrogens with zero attached hydrogens (tertiary/aromatic N) is 1. The molecule has 0 atom stereocenters. The summed E-state index contributed by atoms with van der Waals surface area (Å²) in [6.07, 6.45) is 1.62. The Hall–Kier alpha value is -2.85. The average Bonchev–Trinajstić information content (AvgIpc) is 2.63. The Morgan fingerprint density at radius 1 is 0.958 bits per heavy atom. The van der Waals surface area contributed by atoms with Crippen LogP contribution < -0.4 is 10.6 Å². The summed E-state index contributed by atoms with van der Waals surface area (Å²) in [4.78, 5) is 16.4. The molecule has 4 nitrogen and oxygen atoms in total. The highest BCUT2D eigenvalue weighted by atomic mass is 35.5. The van der Waals surface area contributed by atoms with Crippen LogP contribution in [0.4, 0.5) is 11.4 Å². The van der Waals surface area contributed by atoms with E-state index in [0.29, 0.717) is 22.9 Å². The summed E-state index contributed by atoms with van der Waals surface area (Å²) in [6.45, 7) is 0.684. The average molecular weight is 338 g/mol. The van der Waals surface area contributed by atoms with E-state index in [9.17, 15) is 4.79 Å². The third kappa shape index (κ3) is 4.33. The summed E-state index contributed by atoms with van der Waals surface area (Å²) < 4.78 is 0. The van der Waals surface area contributed by atoms with Gasteiger partial charge in [0.2, 0.25) is 0 Å². The van der Waals surface area contributed by atoms with E-state index in [1.165, 1.54) is 5.56 Å². The number of pyridine rings is 1. The maximum Gasteiger partial charge on any atom is 0.274 e. The maximum absolute atomic E-state index is 12.3. The smallest absolute Gasteiger partial charge is 0.274 e. The molecule has 1 aromatic heterocycles. The summed E-state index contributed by atoms with van der Waals surface area (Å²) in [5.74, 6) is -0.263. The lowest BCUT2D eigenvalue weighted by Crippen LogP contribution is -2.14. The molecule has 120 valence electrons. The zero-order valence-corrected chi connectivity index (χ0v) is 13.6. The lowest BCUT2D eigenvalue weighted by molar-refractivity contribution is 0.102. The Morgan fingerprint density at radius 3 is 2.46 bits per heavy atom. The minimum atomic E-state index is -0.263. The molecule has 3 aromatic rings. The monoisotopic (exact) mass is 337 g/mol. The molecule has 0 radical (unpaired) electrons. The summed E-state index contributed by atoms with van der Waals surface area (Å²) in [6, 6.07) is 20.6. The quantitative estimate of drug-likeness (QED) is 0.715. The molecular formula is C19H16ClN3O. The van der Waals surface area contributed by atoms with Gasteiger partial charge in [-0.05, 0) is 42.0 Å². The van der Waals surface area contributed by atoms with Crippen molar-refractivity contribution in [3.05, 3.63) is 89.2 Å². The molecule has 24 heavy (non-hydrogen) atoms. The van der Waals surface area contributed by atoms with E-state index >= 15 is 0 Å². The molecule has 0 spiro atoms. The molecule has 0 saturated heterocycles. The van der Waals surface area contributed by atoms with Crippen molar-refractivity contribution in [1.29, 1.82) is 0 Å². The van der Waals surface area contributed by atoms with Gasteiger partial charge in [0, 0.05) is 29.1 Å². The standard InChI is InChI=1S/C19H16ClN3O/c20-15-6-8-16(9-7-15)23-19(24)18-12-17(10-11-21-18)22-13-14-4-2-1-3-5-14/h1-12H,13H2,(H,21,22)(H,23,24). The van der Waals surface area contributed by atoms with Crippen molar-refractivity contribution < 1.29 is 4.79 Å². The number of anilines is 2. The number of carbonyl (C=O) groups excluding carboxylic acids is 1. The largest absolute Gasteiger partial charge is 0.381 e. The van der Waals surface area contributed by atoms with Crippen molar-refractivity contribution in [1.82, 2.24) is 4.98 Å². The Kier molecular flexibility index (Phi) is 5.08. The van der Waals surface area contributed by atoms with Crippen LogP contribution >= 0.6 is 11.6 Å². The van der Waals surface area contributed by atoms with Crippen LogP contribution in [0.5, 0.6) is 0 Å². The predicted molar refractivity (Wildman–Crippen MR) is 97.4 cm³/mol. The third-order valence-corrected chi connectivity index (χ3v) is 3.69. The zero-order valence-electron chi connectivity index (χ0n) is 12.9. The van der Waals surface area contributed by atoms with Crippen LogP contribution in [0.15, 0.2) is 72.9 Å². The fraction of sp³-hybridized carbons (Fsp3) is 0.0526. The lowest BCUT2D eigenvalue weighted by Gasteiger charge is -2.09. The molecule has 1 heterocycles. The van der Waals surface area contributed by atoms with E-state index in [1.807, 2.05) is 36.4 Å². The SMILES string of the molecule is O=C(Nc1ccc(Cl)cc1)c1cc(NCc2ccccc2)ccn1. The number of carbonyl (C=O) groups is 1. The number of halogens is 1. The summed E-state index contributed by atoms with van der Waals surface area (Å²) in [5.41, 5.74) is 3.04. The first-order chi connectivity index (χ1) is 11.7. The topological polar surface area (TPSA) is 54.0 Å². The van der Waals surface area contributed by atoms with E-state index < -0.39 is 0 Å². The second kappa shape index (κ2) is 7.62. The van der Waals surface area contributed by atoms with Crippen LogP contribution in [0.2, 0.25) is 5.02 Å². The Balaban J connectivity index is 1.65. The summed E-state index contributed by atoms with van der Waals surface area (Å²) in [7, 11) is 0. The van der Waals surface area contributed by atoms with Crippen LogP contribution in [0, 0.1) is 0 Å². The highest BCUT2D eigenvalue weighted by Gasteiger charge is 2.08. The minimum absolute atomic E-state index is 0.263. The van der Waals surface area contributed by atoms with Gasteiger partial charge < -0.3 is 10.6 Å². The van der Waals surface area contributed by atoms with Gasteiger partial charge in [0.1, 0.15) is 5.69 Å². The molecule has 0 aliphatic carbocycles. The first kappa shape index (κ1) is 16.0. The van der Waals surface area contributed by atoms with Crippen molar-refractivity contribution in [2.75, 3.05) is 10.6 Å². The predicted octanol–water partition coefficient (Wildman–Crippen LogP) is 4.60. The highest BCUT2D eigenvalue weighted by molar-refractivity contribution is 6.30. The van der Waals surface area contributed by atoms with Crippen molar-refractivity contribution in [3.63, 3.8) is 0 Å². The molecule has 2 aromatic carbocycles. The van der Waals surface area contributed by atoms with Crippen LogP contribution in [0.1, 0.15) is 16.1 Å². The number of benzene rings is 2. The molecule has 0 fully saturated rings. The molecule has 5 heteroatoms.